The molecule has 2 amide bonds. The van der Waals surface area contributed by atoms with Crippen LogP contribution in [0.3, 0.4) is 0 Å². The molecule has 0 saturated heterocycles. The Morgan fingerprint density at radius 2 is 1.50 bits per heavy atom. The van der Waals surface area contributed by atoms with Crippen LogP contribution in [0.4, 0.5) is 21.9 Å². The first kappa shape index (κ1) is 14.6. The number of primary amides is 1. The first-order valence-electron chi connectivity index (χ1n) is 4.57. The average molecular weight is 287 g/mol. The zero-order valence-electron chi connectivity index (χ0n) is 9.34. The lowest BCUT2D eigenvalue weighted by Crippen LogP contribution is -2.32. The van der Waals surface area contributed by atoms with Crippen LogP contribution in [0.1, 0.15) is 0 Å². The number of nitrogens with zero attached hydrogens (tertiary/aromatic N) is 3. The Kier molecular flexibility index (Phi) is 3.95. The zero-order valence-corrected chi connectivity index (χ0v) is 9.34. The third-order valence-corrected chi connectivity index (χ3v) is 1.89. The van der Waals surface area contributed by atoms with Crippen LogP contribution in [-0.2, 0) is 0 Å². The Hall–Kier alpha value is -3.51. The summed E-state index contributed by atoms with van der Waals surface area (Å²) in [5.74, 6) is -0.982. The highest BCUT2D eigenvalue weighted by atomic mass is 16.7. The van der Waals surface area contributed by atoms with Crippen LogP contribution in [0.5, 0.6) is 5.75 Å². The molecular formula is C7H5N5O8. The van der Waals surface area contributed by atoms with Crippen molar-refractivity contribution in [3.05, 3.63) is 42.5 Å². The fourth-order valence-electron chi connectivity index (χ4n) is 1.17. The van der Waals surface area contributed by atoms with Gasteiger partial charge in [-0.3, -0.25) is 30.3 Å². The van der Waals surface area contributed by atoms with Crippen molar-refractivity contribution in [1.82, 2.24) is 5.48 Å². The first-order valence-corrected chi connectivity index (χ1v) is 4.57. The lowest BCUT2D eigenvalue weighted by atomic mass is 10.2. The van der Waals surface area contributed by atoms with Gasteiger partial charge in [0.1, 0.15) is 0 Å². The van der Waals surface area contributed by atoms with E-state index in [2.05, 4.69) is 10.6 Å². The predicted molar refractivity (Wildman–Crippen MR) is 59.8 cm³/mol. The molecule has 13 nitrogen and oxygen atoms in total. The molecule has 13 heteroatoms. The highest BCUT2D eigenvalue weighted by Crippen LogP contribution is 2.39. The normalized spacial score (nSPS) is 9.60. The SMILES string of the molecule is NC(=O)NOc1c([N+](=O)[O-])cc([N+](=O)[O-])cc1[N+](=O)[O-]. The summed E-state index contributed by atoms with van der Waals surface area (Å²) in [6.07, 6.45) is 0. The minimum Gasteiger partial charge on any atom is -0.363 e. The number of nitrogens with two attached hydrogens (primary N) is 1. The molecule has 0 saturated carbocycles. The largest absolute Gasteiger partial charge is 0.363 e. The van der Waals surface area contributed by atoms with Gasteiger partial charge in [-0.2, -0.15) is 5.48 Å². The molecule has 0 aliphatic rings. The van der Waals surface area contributed by atoms with E-state index in [1.165, 1.54) is 5.48 Å². The molecule has 0 aliphatic heterocycles. The van der Waals surface area contributed by atoms with Gasteiger partial charge < -0.3 is 10.6 Å². The van der Waals surface area contributed by atoms with Crippen molar-refractivity contribution in [2.24, 2.45) is 5.73 Å². The summed E-state index contributed by atoms with van der Waals surface area (Å²) in [5.41, 5.74) is 3.09. The molecule has 0 radical (unpaired) electrons. The van der Waals surface area contributed by atoms with Gasteiger partial charge >= 0.3 is 23.2 Å². The summed E-state index contributed by atoms with van der Waals surface area (Å²) < 4.78 is 0. The number of non-ortho nitro benzene ring substituents is 1. The number of hydroxylamine groups is 1. The number of nitro benzene ring substituents is 3. The van der Waals surface area contributed by atoms with E-state index < -0.39 is 43.6 Å². The van der Waals surface area contributed by atoms with Crippen LogP contribution in [0, 0.1) is 30.3 Å². The quantitative estimate of drug-likeness (QED) is 0.572. The Morgan fingerprint density at radius 3 is 1.80 bits per heavy atom. The van der Waals surface area contributed by atoms with E-state index in [0.29, 0.717) is 12.1 Å². The van der Waals surface area contributed by atoms with Crippen molar-refractivity contribution in [1.29, 1.82) is 0 Å². The lowest BCUT2D eigenvalue weighted by Gasteiger charge is -2.05. The van der Waals surface area contributed by atoms with E-state index in [4.69, 9.17) is 0 Å². The first-order chi connectivity index (χ1) is 9.23. The van der Waals surface area contributed by atoms with Crippen molar-refractivity contribution in [2.45, 2.75) is 0 Å². The van der Waals surface area contributed by atoms with Crippen molar-refractivity contribution in [3.63, 3.8) is 0 Å². The van der Waals surface area contributed by atoms with Gasteiger partial charge in [0.2, 0.25) is 0 Å². The number of carbonyl (C=O) groups excluding carboxylic acids is 1. The molecule has 0 aromatic heterocycles. The molecule has 0 heterocycles. The summed E-state index contributed by atoms with van der Waals surface area (Å²) in [5, 5.41) is 32.1. The number of amides is 2. The van der Waals surface area contributed by atoms with E-state index in [-0.39, 0.29) is 0 Å². The van der Waals surface area contributed by atoms with Crippen molar-refractivity contribution >= 4 is 23.1 Å². The van der Waals surface area contributed by atoms with Gasteiger partial charge in [-0.1, -0.05) is 0 Å². The fourth-order valence-corrected chi connectivity index (χ4v) is 1.17. The van der Waals surface area contributed by atoms with Crippen LogP contribution in [0.25, 0.3) is 0 Å². The molecule has 1 aromatic rings. The number of nitrogens with one attached hydrogen (secondary N) is 1. The number of rotatable bonds is 5. The maximum atomic E-state index is 10.8. The minimum absolute atomic E-state index is 0.449. The van der Waals surface area contributed by atoms with Crippen LogP contribution in [-0.4, -0.2) is 20.8 Å². The van der Waals surface area contributed by atoms with Crippen molar-refractivity contribution < 1.29 is 24.4 Å². The number of hydrogen-bond donors (Lipinski definition) is 2. The van der Waals surface area contributed by atoms with Gasteiger partial charge in [0.25, 0.3) is 5.69 Å². The summed E-state index contributed by atoms with van der Waals surface area (Å²) >= 11 is 0. The van der Waals surface area contributed by atoms with Gasteiger partial charge in [0.05, 0.1) is 26.9 Å². The van der Waals surface area contributed by atoms with E-state index in [1.807, 2.05) is 0 Å². The summed E-state index contributed by atoms with van der Waals surface area (Å²) in [6.45, 7) is 0. The topological polar surface area (TPSA) is 194 Å². The molecule has 20 heavy (non-hydrogen) atoms. The van der Waals surface area contributed by atoms with Gasteiger partial charge in [0, 0.05) is 0 Å². The van der Waals surface area contributed by atoms with Crippen LogP contribution in [0.15, 0.2) is 12.1 Å². The van der Waals surface area contributed by atoms with Crippen molar-refractivity contribution in [3.8, 4) is 5.75 Å². The second kappa shape index (κ2) is 5.42. The smallest absolute Gasteiger partial charge is 0.345 e. The Labute approximate surface area is 108 Å². The minimum atomic E-state index is -1.27. The van der Waals surface area contributed by atoms with Crippen LogP contribution in [0.2, 0.25) is 0 Å². The number of nitro groups is 3. The predicted octanol–water partition coefficient (Wildman–Crippen LogP) is 0.373. The highest BCUT2D eigenvalue weighted by Gasteiger charge is 2.33. The lowest BCUT2D eigenvalue weighted by molar-refractivity contribution is -0.404. The second-order valence-corrected chi connectivity index (χ2v) is 3.15. The summed E-state index contributed by atoms with van der Waals surface area (Å²) in [4.78, 5) is 43.5. The molecule has 0 spiro atoms. The van der Waals surface area contributed by atoms with E-state index in [0.717, 1.165) is 0 Å². The average Bonchev–Trinajstić information content (AvgIpc) is 2.34. The molecule has 0 fully saturated rings. The number of carbonyl (C=O) groups is 1. The molecular weight excluding hydrogens is 282 g/mol. The third kappa shape index (κ3) is 3.03. The van der Waals surface area contributed by atoms with E-state index in [9.17, 15) is 35.1 Å². The number of urea groups is 1. The van der Waals surface area contributed by atoms with E-state index in [1.54, 1.807) is 0 Å². The highest BCUT2D eigenvalue weighted by molar-refractivity contribution is 5.72. The van der Waals surface area contributed by atoms with Gasteiger partial charge in [-0.25, -0.2) is 4.79 Å². The molecule has 106 valence electrons. The molecule has 1 aromatic carbocycles. The number of hydrogen-bond acceptors (Lipinski definition) is 8. The Morgan fingerprint density at radius 1 is 1.05 bits per heavy atom. The monoisotopic (exact) mass is 287 g/mol. The molecule has 3 N–H and O–H groups in total. The maximum Gasteiger partial charge on any atom is 0.345 e. The van der Waals surface area contributed by atoms with Crippen LogP contribution < -0.4 is 16.1 Å². The van der Waals surface area contributed by atoms with Crippen molar-refractivity contribution in [2.75, 3.05) is 0 Å². The molecule has 0 unspecified atom stereocenters. The van der Waals surface area contributed by atoms with Crippen LogP contribution >= 0.6 is 0 Å². The molecule has 0 bridgehead atoms. The van der Waals surface area contributed by atoms with Gasteiger partial charge in [-0.05, 0) is 0 Å². The zero-order chi connectivity index (χ0) is 15.4. The number of benzene rings is 1. The third-order valence-electron chi connectivity index (χ3n) is 1.89. The maximum absolute atomic E-state index is 10.8. The summed E-state index contributed by atoms with van der Waals surface area (Å²) in [6, 6.07) is -0.373. The molecule has 1 rings (SSSR count). The Bertz CT molecular complexity index is 578. The second-order valence-electron chi connectivity index (χ2n) is 3.15. The molecule has 0 atom stereocenters. The molecule has 0 aliphatic carbocycles. The van der Waals surface area contributed by atoms with Gasteiger partial charge in [0.15, 0.2) is 0 Å². The summed E-state index contributed by atoms with van der Waals surface area (Å²) in [7, 11) is 0. The Balaban J connectivity index is 3.50. The van der Waals surface area contributed by atoms with Gasteiger partial charge in [-0.15, -0.1) is 0 Å². The fraction of sp³-hybridized carbons (Fsp3) is 0. The standard InChI is InChI=1S/C7H5N5O8/c8-7(13)9-20-6-4(11(16)17)1-3(10(14)15)2-5(6)12(18)19/h1-2H,(H3,8,9,13). The van der Waals surface area contributed by atoms with E-state index >= 15 is 0 Å².